The van der Waals surface area contributed by atoms with E-state index in [1.807, 2.05) is 7.05 Å². The summed E-state index contributed by atoms with van der Waals surface area (Å²) in [6.07, 6.45) is 8.01. The first-order valence-electron chi connectivity index (χ1n) is 6.67. The molecular formula is C15H22N2S. The van der Waals surface area contributed by atoms with Gasteiger partial charge in [-0.1, -0.05) is 13.3 Å². The summed E-state index contributed by atoms with van der Waals surface area (Å²) < 4.78 is 2.30. The van der Waals surface area contributed by atoms with Gasteiger partial charge in [0, 0.05) is 25.0 Å². The Hall–Kier alpha value is -1.06. The minimum Gasteiger partial charge on any atom is -0.354 e. The first-order valence-corrected chi connectivity index (χ1v) is 7.61. The zero-order valence-corrected chi connectivity index (χ0v) is 12.0. The number of nitrogens with one attached hydrogen (secondary N) is 1. The van der Waals surface area contributed by atoms with Crippen LogP contribution in [-0.2, 0) is 13.0 Å². The molecule has 0 radical (unpaired) electrons. The third-order valence-corrected chi connectivity index (χ3v) is 4.07. The minimum atomic E-state index is 0.498. The fourth-order valence-corrected chi connectivity index (χ4v) is 2.97. The number of aryl methyl sites for hydroxylation is 2. The molecular weight excluding hydrogens is 240 g/mol. The van der Waals surface area contributed by atoms with Gasteiger partial charge < -0.3 is 9.88 Å². The molecule has 98 valence electrons. The molecule has 0 fully saturated rings. The van der Waals surface area contributed by atoms with Gasteiger partial charge in [0.25, 0.3) is 0 Å². The van der Waals surface area contributed by atoms with Crippen molar-refractivity contribution in [2.24, 2.45) is 0 Å². The van der Waals surface area contributed by atoms with Gasteiger partial charge >= 0.3 is 0 Å². The first-order chi connectivity index (χ1) is 8.83. The van der Waals surface area contributed by atoms with Gasteiger partial charge in [0.15, 0.2) is 0 Å². The summed E-state index contributed by atoms with van der Waals surface area (Å²) in [7, 11) is 2.04. The van der Waals surface area contributed by atoms with Crippen molar-refractivity contribution in [1.82, 2.24) is 9.88 Å². The SMILES string of the molecule is CCCC(NC)c1ccn(CCc2ccsc2)c1. The molecule has 1 unspecified atom stereocenters. The Morgan fingerprint density at radius 1 is 1.39 bits per heavy atom. The van der Waals surface area contributed by atoms with Crippen LogP contribution in [0.2, 0.25) is 0 Å². The molecule has 1 N–H and O–H groups in total. The van der Waals surface area contributed by atoms with Gasteiger partial charge in [0.2, 0.25) is 0 Å². The number of nitrogens with zero attached hydrogens (tertiary/aromatic N) is 1. The largest absolute Gasteiger partial charge is 0.354 e. The number of hydrogen-bond acceptors (Lipinski definition) is 2. The van der Waals surface area contributed by atoms with E-state index in [4.69, 9.17) is 0 Å². The summed E-state index contributed by atoms with van der Waals surface area (Å²) in [4.78, 5) is 0. The second-order valence-corrected chi connectivity index (χ2v) is 5.47. The van der Waals surface area contributed by atoms with Gasteiger partial charge in [-0.15, -0.1) is 0 Å². The average Bonchev–Trinajstić information content (AvgIpc) is 3.04. The zero-order valence-electron chi connectivity index (χ0n) is 11.2. The molecule has 0 saturated heterocycles. The van der Waals surface area contributed by atoms with E-state index in [-0.39, 0.29) is 0 Å². The summed E-state index contributed by atoms with van der Waals surface area (Å²) in [6, 6.07) is 4.95. The van der Waals surface area contributed by atoms with Crippen molar-refractivity contribution in [2.75, 3.05) is 7.05 Å². The second kappa shape index (κ2) is 6.76. The summed E-state index contributed by atoms with van der Waals surface area (Å²) in [5.74, 6) is 0. The van der Waals surface area contributed by atoms with E-state index >= 15 is 0 Å². The molecule has 0 aliphatic heterocycles. The van der Waals surface area contributed by atoms with E-state index in [0.29, 0.717) is 6.04 Å². The maximum atomic E-state index is 3.39. The molecule has 0 amide bonds. The summed E-state index contributed by atoms with van der Waals surface area (Å²) in [5, 5.41) is 7.77. The Morgan fingerprint density at radius 2 is 2.28 bits per heavy atom. The highest BCUT2D eigenvalue weighted by Crippen LogP contribution is 2.18. The Bertz CT molecular complexity index is 445. The summed E-state index contributed by atoms with van der Waals surface area (Å²) >= 11 is 1.78. The predicted molar refractivity (Wildman–Crippen MR) is 79.2 cm³/mol. The molecule has 0 aliphatic rings. The van der Waals surface area contributed by atoms with Gasteiger partial charge in [-0.2, -0.15) is 11.3 Å². The number of aromatic nitrogens is 1. The standard InChI is InChI=1S/C15H22N2S/c1-3-4-15(16-2)14-6-9-17(11-14)8-5-13-7-10-18-12-13/h6-7,9-12,15-16H,3-5,8H2,1-2H3. The Labute approximate surface area is 114 Å². The lowest BCUT2D eigenvalue weighted by Crippen LogP contribution is -2.15. The molecule has 2 aromatic heterocycles. The van der Waals surface area contributed by atoms with E-state index in [0.717, 1.165) is 13.0 Å². The minimum absolute atomic E-state index is 0.498. The molecule has 18 heavy (non-hydrogen) atoms. The van der Waals surface area contributed by atoms with Crippen molar-refractivity contribution in [3.8, 4) is 0 Å². The van der Waals surface area contributed by atoms with Crippen LogP contribution in [0.25, 0.3) is 0 Å². The van der Waals surface area contributed by atoms with Gasteiger partial charge in [-0.3, -0.25) is 0 Å². The van der Waals surface area contributed by atoms with E-state index in [2.05, 4.69) is 52.1 Å². The highest BCUT2D eigenvalue weighted by molar-refractivity contribution is 7.07. The van der Waals surface area contributed by atoms with Gasteiger partial charge in [-0.25, -0.2) is 0 Å². The lowest BCUT2D eigenvalue weighted by atomic mass is 10.1. The van der Waals surface area contributed by atoms with Gasteiger partial charge in [-0.05, 0) is 53.9 Å². The van der Waals surface area contributed by atoms with Crippen LogP contribution in [0, 0.1) is 0 Å². The highest BCUT2D eigenvalue weighted by atomic mass is 32.1. The molecule has 1 atom stereocenters. The van der Waals surface area contributed by atoms with Crippen LogP contribution in [0.15, 0.2) is 35.3 Å². The average molecular weight is 262 g/mol. The molecule has 2 heterocycles. The summed E-state index contributed by atoms with van der Waals surface area (Å²) in [5.41, 5.74) is 2.85. The molecule has 0 aliphatic carbocycles. The number of rotatable bonds is 7. The Morgan fingerprint density at radius 3 is 2.94 bits per heavy atom. The first kappa shape index (κ1) is 13.4. The zero-order chi connectivity index (χ0) is 12.8. The molecule has 0 saturated carbocycles. The topological polar surface area (TPSA) is 17.0 Å². The van der Waals surface area contributed by atoms with Crippen LogP contribution in [0.4, 0.5) is 0 Å². The normalized spacial score (nSPS) is 12.8. The van der Waals surface area contributed by atoms with Crippen LogP contribution >= 0.6 is 11.3 Å². The number of hydrogen-bond donors (Lipinski definition) is 1. The van der Waals surface area contributed by atoms with Crippen molar-refractivity contribution in [3.05, 3.63) is 46.4 Å². The number of thiophene rings is 1. The molecule has 0 aromatic carbocycles. The summed E-state index contributed by atoms with van der Waals surface area (Å²) in [6.45, 7) is 3.30. The van der Waals surface area contributed by atoms with Crippen molar-refractivity contribution in [3.63, 3.8) is 0 Å². The molecule has 2 aromatic rings. The molecule has 0 spiro atoms. The van der Waals surface area contributed by atoms with Gasteiger partial charge in [0.1, 0.15) is 0 Å². The van der Waals surface area contributed by atoms with E-state index in [9.17, 15) is 0 Å². The van der Waals surface area contributed by atoms with Crippen LogP contribution in [0.1, 0.15) is 36.9 Å². The Balaban J connectivity index is 1.92. The van der Waals surface area contributed by atoms with Crippen molar-refractivity contribution in [2.45, 2.75) is 38.8 Å². The van der Waals surface area contributed by atoms with E-state index in [1.54, 1.807) is 11.3 Å². The highest BCUT2D eigenvalue weighted by Gasteiger charge is 2.09. The lowest BCUT2D eigenvalue weighted by molar-refractivity contribution is 0.540. The maximum absolute atomic E-state index is 3.39. The fourth-order valence-electron chi connectivity index (χ4n) is 2.26. The fraction of sp³-hybridized carbons (Fsp3) is 0.467. The van der Waals surface area contributed by atoms with Crippen molar-refractivity contribution >= 4 is 11.3 Å². The predicted octanol–water partition coefficient (Wildman–Crippen LogP) is 3.85. The van der Waals surface area contributed by atoms with E-state index in [1.165, 1.54) is 24.0 Å². The molecule has 2 nitrogen and oxygen atoms in total. The monoisotopic (exact) mass is 262 g/mol. The van der Waals surface area contributed by atoms with Crippen LogP contribution in [0.5, 0.6) is 0 Å². The quantitative estimate of drug-likeness (QED) is 0.802. The van der Waals surface area contributed by atoms with Crippen LogP contribution in [0.3, 0.4) is 0 Å². The smallest absolute Gasteiger partial charge is 0.0332 e. The van der Waals surface area contributed by atoms with Crippen molar-refractivity contribution < 1.29 is 0 Å². The second-order valence-electron chi connectivity index (χ2n) is 4.69. The lowest BCUT2D eigenvalue weighted by Gasteiger charge is -2.13. The van der Waals surface area contributed by atoms with Crippen LogP contribution in [-0.4, -0.2) is 11.6 Å². The maximum Gasteiger partial charge on any atom is 0.0332 e. The molecule has 0 bridgehead atoms. The Kier molecular flexibility index (Phi) is 5.02. The third kappa shape index (κ3) is 3.47. The molecule has 2 rings (SSSR count). The van der Waals surface area contributed by atoms with E-state index < -0.39 is 0 Å². The van der Waals surface area contributed by atoms with Crippen LogP contribution < -0.4 is 5.32 Å². The van der Waals surface area contributed by atoms with Crippen molar-refractivity contribution in [1.29, 1.82) is 0 Å². The molecule has 3 heteroatoms. The van der Waals surface area contributed by atoms with Gasteiger partial charge in [0.05, 0.1) is 0 Å². The third-order valence-electron chi connectivity index (χ3n) is 3.34.